The largest absolute Gasteiger partial charge is 0.369 e. The van der Waals surface area contributed by atoms with E-state index in [1.54, 1.807) is 24.3 Å². The van der Waals surface area contributed by atoms with E-state index in [9.17, 15) is 9.59 Å². The summed E-state index contributed by atoms with van der Waals surface area (Å²) in [5.74, 6) is -0.327. The van der Waals surface area contributed by atoms with Gasteiger partial charge >= 0.3 is 0 Å². The van der Waals surface area contributed by atoms with Crippen molar-refractivity contribution in [3.8, 4) is 0 Å². The van der Waals surface area contributed by atoms with Crippen LogP contribution < -0.4 is 4.90 Å². The van der Waals surface area contributed by atoms with Crippen LogP contribution in [0.25, 0.3) is 0 Å². The minimum atomic E-state index is -0.163. The minimum Gasteiger partial charge on any atom is -0.369 e. The lowest BCUT2D eigenvalue weighted by atomic mass is 10.1. The van der Waals surface area contributed by atoms with Crippen molar-refractivity contribution in [3.05, 3.63) is 65.7 Å². The molecule has 1 saturated heterocycles. The molecule has 1 fully saturated rings. The molecule has 0 atom stereocenters. The summed E-state index contributed by atoms with van der Waals surface area (Å²) in [6, 6.07) is 17.5. The lowest BCUT2D eigenvalue weighted by Crippen LogP contribution is -2.49. The van der Waals surface area contributed by atoms with Crippen LogP contribution in [0.1, 0.15) is 20.7 Å². The summed E-state index contributed by atoms with van der Waals surface area (Å²) in [5.41, 5.74) is 2.31. The number of rotatable bonds is 4. The number of carbonyl (C=O) groups is 2. The maximum absolute atomic E-state index is 12.4. The van der Waals surface area contributed by atoms with Crippen molar-refractivity contribution in [2.75, 3.05) is 44.2 Å². The zero-order valence-corrected chi connectivity index (χ0v) is 14.1. The molecule has 4 rings (SSSR count). The maximum Gasteiger partial charge on any atom is 0.261 e. The van der Waals surface area contributed by atoms with Crippen LogP contribution in [-0.2, 0) is 0 Å². The van der Waals surface area contributed by atoms with Crippen LogP contribution in [0.15, 0.2) is 54.6 Å². The van der Waals surface area contributed by atoms with E-state index >= 15 is 0 Å². The number of fused-ring (bicyclic) bond motifs is 1. The molecule has 5 nitrogen and oxygen atoms in total. The van der Waals surface area contributed by atoms with Crippen LogP contribution in [0.2, 0.25) is 0 Å². The van der Waals surface area contributed by atoms with Crippen molar-refractivity contribution in [2.24, 2.45) is 0 Å². The zero-order chi connectivity index (χ0) is 17.2. The number of hydrogen-bond donors (Lipinski definition) is 0. The van der Waals surface area contributed by atoms with Crippen LogP contribution in [-0.4, -0.2) is 60.9 Å². The minimum absolute atomic E-state index is 0.163. The Hall–Kier alpha value is -2.66. The number of imide groups is 1. The first-order valence-electron chi connectivity index (χ1n) is 8.71. The summed E-state index contributed by atoms with van der Waals surface area (Å²) < 4.78 is 0. The summed E-state index contributed by atoms with van der Waals surface area (Å²) in [6.07, 6.45) is 0. The molecule has 2 amide bonds. The highest BCUT2D eigenvalue weighted by molar-refractivity contribution is 6.21. The van der Waals surface area contributed by atoms with Crippen molar-refractivity contribution in [2.45, 2.75) is 0 Å². The van der Waals surface area contributed by atoms with Gasteiger partial charge in [0.05, 0.1) is 11.1 Å². The molecule has 2 heterocycles. The third-order valence-corrected chi connectivity index (χ3v) is 5.01. The van der Waals surface area contributed by atoms with E-state index in [4.69, 9.17) is 0 Å². The van der Waals surface area contributed by atoms with Crippen molar-refractivity contribution in [1.29, 1.82) is 0 Å². The van der Waals surface area contributed by atoms with Crippen LogP contribution in [0.5, 0.6) is 0 Å². The zero-order valence-electron chi connectivity index (χ0n) is 14.1. The van der Waals surface area contributed by atoms with Crippen LogP contribution in [0.4, 0.5) is 5.69 Å². The molecule has 2 aromatic rings. The number of nitrogens with zero attached hydrogens (tertiary/aromatic N) is 3. The van der Waals surface area contributed by atoms with Crippen LogP contribution >= 0.6 is 0 Å². The van der Waals surface area contributed by atoms with Gasteiger partial charge in [-0.3, -0.25) is 19.4 Å². The van der Waals surface area contributed by atoms with E-state index < -0.39 is 0 Å². The molecule has 0 spiro atoms. The third-order valence-electron chi connectivity index (χ3n) is 5.01. The SMILES string of the molecule is O=C1c2ccccc2C(=O)N1CCN1CCN(c2ccccc2)CC1. The fourth-order valence-electron chi connectivity index (χ4n) is 3.55. The number of para-hydroxylation sites is 1. The first-order valence-corrected chi connectivity index (χ1v) is 8.71. The molecule has 2 aromatic carbocycles. The average Bonchev–Trinajstić information content (AvgIpc) is 2.92. The molecular weight excluding hydrogens is 314 g/mol. The van der Waals surface area contributed by atoms with Gasteiger partial charge in [-0.2, -0.15) is 0 Å². The van der Waals surface area contributed by atoms with Gasteiger partial charge in [-0.15, -0.1) is 0 Å². The molecule has 0 unspecified atom stereocenters. The number of benzene rings is 2. The maximum atomic E-state index is 12.4. The lowest BCUT2D eigenvalue weighted by Gasteiger charge is -2.36. The van der Waals surface area contributed by atoms with E-state index in [1.807, 2.05) is 6.07 Å². The van der Waals surface area contributed by atoms with Crippen LogP contribution in [0.3, 0.4) is 0 Å². The Labute approximate surface area is 147 Å². The predicted molar refractivity (Wildman–Crippen MR) is 96.9 cm³/mol. The molecule has 0 N–H and O–H groups in total. The Balaban J connectivity index is 1.32. The second kappa shape index (κ2) is 6.69. The van der Waals surface area contributed by atoms with E-state index in [-0.39, 0.29) is 11.8 Å². The molecular formula is C20H21N3O2. The topological polar surface area (TPSA) is 43.9 Å². The number of carbonyl (C=O) groups excluding carboxylic acids is 2. The Morgan fingerprint density at radius 2 is 1.24 bits per heavy atom. The fraction of sp³-hybridized carbons (Fsp3) is 0.300. The Morgan fingerprint density at radius 3 is 1.84 bits per heavy atom. The van der Waals surface area contributed by atoms with Gasteiger partial charge in [0.1, 0.15) is 0 Å². The van der Waals surface area contributed by atoms with Gasteiger partial charge in [0.25, 0.3) is 11.8 Å². The van der Waals surface area contributed by atoms with E-state index in [2.05, 4.69) is 34.1 Å². The first kappa shape index (κ1) is 15.8. The average molecular weight is 335 g/mol. The molecule has 0 radical (unpaired) electrons. The second-order valence-electron chi connectivity index (χ2n) is 6.47. The van der Waals surface area contributed by atoms with Gasteiger partial charge in [0.15, 0.2) is 0 Å². The monoisotopic (exact) mass is 335 g/mol. The molecule has 2 aliphatic heterocycles. The summed E-state index contributed by atoms with van der Waals surface area (Å²) in [6.45, 7) is 5.00. The van der Waals surface area contributed by atoms with Gasteiger partial charge in [0.2, 0.25) is 0 Å². The molecule has 128 valence electrons. The van der Waals surface area contributed by atoms with Gasteiger partial charge in [-0.1, -0.05) is 30.3 Å². The van der Waals surface area contributed by atoms with E-state index in [0.717, 1.165) is 32.7 Å². The Morgan fingerprint density at radius 1 is 0.680 bits per heavy atom. The predicted octanol–water partition coefficient (Wildman–Crippen LogP) is 2.10. The highest BCUT2D eigenvalue weighted by Gasteiger charge is 2.35. The number of piperazine rings is 1. The number of amides is 2. The molecule has 25 heavy (non-hydrogen) atoms. The lowest BCUT2D eigenvalue weighted by molar-refractivity contribution is 0.0635. The number of anilines is 1. The summed E-state index contributed by atoms with van der Waals surface area (Å²) in [7, 11) is 0. The van der Waals surface area contributed by atoms with Gasteiger partial charge in [0, 0.05) is 45.0 Å². The van der Waals surface area contributed by atoms with Crippen molar-refractivity contribution in [3.63, 3.8) is 0 Å². The molecule has 0 bridgehead atoms. The first-order chi connectivity index (χ1) is 12.2. The molecule has 0 saturated carbocycles. The normalized spacial score (nSPS) is 17.9. The van der Waals surface area contributed by atoms with Gasteiger partial charge in [-0.05, 0) is 24.3 Å². The second-order valence-corrected chi connectivity index (χ2v) is 6.47. The Kier molecular flexibility index (Phi) is 4.24. The third kappa shape index (κ3) is 3.03. The summed E-state index contributed by atoms with van der Waals surface area (Å²) in [4.78, 5) is 30.9. The standard InChI is InChI=1S/C20H21N3O2/c24-19-17-8-4-5-9-18(17)20(25)23(19)15-12-21-10-13-22(14-11-21)16-6-2-1-3-7-16/h1-9H,10-15H2. The highest BCUT2D eigenvalue weighted by Crippen LogP contribution is 2.22. The van der Waals surface area contributed by atoms with Gasteiger partial charge in [-0.25, -0.2) is 0 Å². The molecule has 0 aliphatic carbocycles. The van der Waals surface area contributed by atoms with Crippen molar-refractivity contribution >= 4 is 17.5 Å². The number of hydrogen-bond acceptors (Lipinski definition) is 4. The smallest absolute Gasteiger partial charge is 0.261 e. The fourth-order valence-corrected chi connectivity index (χ4v) is 3.55. The Bertz CT molecular complexity index is 748. The van der Waals surface area contributed by atoms with Gasteiger partial charge < -0.3 is 4.90 Å². The molecule has 2 aliphatic rings. The molecule has 0 aromatic heterocycles. The van der Waals surface area contributed by atoms with Crippen LogP contribution in [0, 0.1) is 0 Å². The van der Waals surface area contributed by atoms with E-state index in [0.29, 0.717) is 17.7 Å². The quantitative estimate of drug-likeness (QED) is 0.803. The summed E-state index contributed by atoms with van der Waals surface area (Å²) >= 11 is 0. The van der Waals surface area contributed by atoms with Crippen molar-refractivity contribution in [1.82, 2.24) is 9.80 Å². The highest BCUT2D eigenvalue weighted by atomic mass is 16.2. The van der Waals surface area contributed by atoms with Crippen molar-refractivity contribution < 1.29 is 9.59 Å². The molecule has 5 heteroatoms. The summed E-state index contributed by atoms with van der Waals surface area (Å²) in [5, 5.41) is 0. The van der Waals surface area contributed by atoms with E-state index in [1.165, 1.54) is 10.6 Å².